The quantitative estimate of drug-likeness (QED) is 0.784. The van der Waals surface area contributed by atoms with E-state index in [0.29, 0.717) is 5.16 Å². The van der Waals surface area contributed by atoms with Crippen molar-refractivity contribution in [2.24, 2.45) is 7.05 Å². The van der Waals surface area contributed by atoms with Gasteiger partial charge in [-0.1, -0.05) is 13.8 Å². The lowest BCUT2D eigenvalue weighted by atomic mass is 10.4. The van der Waals surface area contributed by atoms with Crippen LogP contribution in [0.5, 0.6) is 0 Å². The molecule has 2 aromatic rings. The molecule has 108 valence electrons. The van der Waals surface area contributed by atoms with E-state index in [0.717, 1.165) is 36.1 Å². The van der Waals surface area contributed by atoms with Crippen LogP contribution in [-0.4, -0.2) is 31.3 Å². The third-order valence-electron chi connectivity index (χ3n) is 2.66. The zero-order valence-corrected chi connectivity index (χ0v) is 12.6. The van der Waals surface area contributed by atoms with Crippen LogP contribution in [0.3, 0.4) is 0 Å². The molecule has 8 heteroatoms. The van der Waals surface area contributed by atoms with Crippen molar-refractivity contribution in [2.75, 3.05) is 11.9 Å². The van der Waals surface area contributed by atoms with Gasteiger partial charge in [-0.05, 0) is 18.2 Å². The Morgan fingerprint density at radius 1 is 1.40 bits per heavy atom. The number of nitrogens with one attached hydrogen (secondary N) is 2. The van der Waals surface area contributed by atoms with Crippen molar-refractivity contribution in [2.45, 2.75) is 36.9 Å². The summed E-state index contributed by atoms with van der Waals surface area (Å²) in [6, 6.07) is 1.87. The monoisotopic (exact) mass is 294 g/mol. The summed E-state index contributed by atoms with van der Waals surface area (Å²) in [6.07, 6.45) is 1.79. The van der Waals surface area contributed by atoms with Crippen molar-refractivity contribution in [1.82, 2.24) is 24.7 Å². The molecular formula is C12H18N6OS. The first-order valence-electron chi connectivity index (χ1n) is 6.55. The molecule has 0 radical (unpaired) electrons. The standard InChI is InChI=1S/C12H18N6OS/c1-4-6-13-9-7-10(15-8(5-2)14-9)20-12-17-16-11(19)18(12)3/h7H,4-6H2,1-3H3,(H,16,19)(H,13,14,15). The summed E-state index contributed by atoms with van der Waals surface area (Å²) >= 11 is 1.34. The lowest BCUT2D eigenvalue weighted by Gasteiger charge is -2.08. The first-order valence-corrected chi connectivity index (χ1v) is 7.36. The molecule has 0 fully saturated rings. The van der Waals surface area contributed by atoms with Gasteiger partial charge in [0.1, 0.15) is 16.7 Å². The smallest absolute Gasteiger partial charge is 0.343 e. The highest BCUT2D eigenvalue weighted by atomic mass is 32.2. The van der Waals surface area contributed by atoms with Crippen LogP contribution in [0.4, 0.5) is 5.82 Å². The number of H-pyrrole nitrogens is 1. The number of aryl methyl sites for hydroxylation is 1. The molecule has 0 aliphatic rings. The summed E-state index contributed by atoms with van der Waals surface area (Å²) in [7, 11) is 1.67. The fourth-order valence-electron chi connectivity index (χ4n) is 1.54. The highest BCUT2D eigenvalue weighted by Crippen LogP contribution is 2.24. The second-order valence-electron chi connectivity index (χ2n) is 4.26. The third kappa shape index (κ3) is 3.38. The van der Waals surface area contributed by atoms with Crippen molar-refractivity contribution >= 4 is 17.6 Å². The molecule has 2 N–H and O–H groups in total. The van der Waals surface area contributed by atoms with Gasteiger partial charge >= 0.3 is 5.69 Å². The van der Waals surface area contributed by atoms with Gasteiger partial charge in [-0.15, -0.1) is 5.10 Å². The Bertz CT molecular complexity index is 635. The van der Waals surface area contributed by atoms with Crippen LogP contribution in [0.15, 0.2) is 21.0 Å². The Hall–Kier alpha value is -1.83. The molecule has 0 aromatic carbocycles. The van der Waals surface area contributed by atoms with E-state index in [1.54, 1.807) is 7.05 Å². The Kier molecular flexibility index (Phi) is 4.78. The lowest BCUT2D eigenvalue weighted by molar-refractivity contribution is 0.763. The summed E-state index contributed by atoms with van der Waals surface area (Å²) in [5, 5.41) is 11.0. The maximum absolute atomic E-state index is 11.3. The average Bonchev–Trinajstić information content (AvgIpc) is 2.77. The molecule has 0 aliphatic carbocycles. The van der Waals surface area contributed by atoms with Gasteiger partial charge in [0.2, 0.25) is 0 Å². The Labute approximate surface area is 121 Å². The normalized spacial score (nSPS) is 10.8. The van der Waals surface area contributed by atoms with E-state index in [1.807, 2.05) is 13.0 Å². The summed E-state index contributed by atoms with van der Waals surface area (Å²) in [5.74, 6) is 1.58. The van der Waals surface area contributed by atoms with Gasteiger partial charge in [-0.3, -0.25) is 4.57 Å². The maximum atomic E-state index is 11.3. The molecule has 0 saturated heterocycles. The summed E-state index contributed by atoms with van der Waals surface area (Å²) in [4.78, 5) is 20.2. The molecule has 2 rings (SSSR count). The molecule has 2 aromatic heterocycles. The predicted octanol–water partition coefficient (Wildman–Crippen LogP) is 1.43. The van der Waals surface area contributed by atoms with E-state index in [9.17, 15) is 4.79 Å². The number of rotatable bonds is 6. The van der Waals surface area contributed by atoms with E-state index >= 15 is 0 Å². The first-order chi connectivity index (χ1) is 9.63. The minimum Gasteiger partial charge on any atom is -0.370 e. The van der Waals surface area contributed by atoms with Crippen LogP contribution in [0, 0.1) is 0 Å². The zero-order chi connectivity index (χ0) is 14.5. The fourth-order valence-corrected chi connectivity index (χ4v) is 2.36. The Balaban J connectivity index is 2.26. The highest BCUT2D eigenvalue weighted by molar-refractivity contribution is 7.99. The van der Waals surface area contributed by atoms with Crippen LogP contribution in [0.1, 0.15) is 26.1 Å². The number of anilines is 1. The van der Waals surface area contributed by atoms with Crippen molar-refractivity contribution in [3.63, 3.8) is 0 Å². The second kappa shape index (κ2) is 6.56. The molecule has 7 nitrogen and oxygen atoms in total. The Morgan fingerprint density at radius 3 is 2.80 bits per heavy atom. The SMILES string of the molecule is CCCNc1cc(Sc2n[nH]c(=O)n2C)nc(CC)n1. The fraction of sp³-hybridized carbons (Fsp3) is 0.500. The van der Waals surface area contributed by atoms with Crippen molar-refractivity contribution in [3.05, 3.63) is 22.4 Å². The lowest BCUT2D eigenvalue weighted by Crippen LogP contribution is -2.13. The molecule has 2 heterocycles. The van der Waals surface area contributed by atoms with Gasteiger partial charge in [0.05, 0.1) is 0 Å². The second-order valence-corrected chi connectivity index (χ2v) is 5.25. The number of hydrogen-bond donors (Lipinski definition) is 2. The van der Waals surface area contributed by atoms with Gasteiger partial charge in [-0.2, -0.15) is 0 Å². The summed E-state index contributed by atoms with van der Waals surface area (Å²) < 4.78 is 1.46. The van der Waals surface area contributed by atoms with Gasteiger partial charge in [0, 0.05) is 26.1 Å². The summed E-state index contributed by atoms with van der Waals surface area (Å²) in [5.41, 5.74) is -0.235. The number of nitrogens with zero attached hydrogens (tertiary/aromatic N) is 4. The molecule has 0 atom stereocenters. The molecule has 20 heavy (non-hydrogen) atoms. The predicted molar refractivity (Wildman–Crippen MR) is 78.1 cm³/mol. The zero-order valence-electron chi connectivity index (χ0n) is 11.8. The van der Waals surface area contributed by atoms with E-state index in [2.05, 4.69) is 32.4 Å². The van der Waals surface area contributed by atoms with Gasteiger partial charge in [0.15, 0.2) is 5.16 Å². The van der Waals surface area contributed by atoms with E-state index in [4.69, 9.17) is 0 Å². The minimum atomic E-state index is -0.235. The molecule has 0 bridgehead atoms. The average molecular weight is 294 g/mol. The molecule has 0 aliphatic heterocycles. The topological polar surface area (TPSA) is 88.5 Å². The van der Waals surface area contributed by atoms with E-state index in [-0.39, 0.29) is 5.69 Å². The molecule has 0 unspecified atom stereocenters. The van der Waals surface area contributed by atoms with Crippen molar-refractivity contribution in [3.8, 4) is 0 Å². The van der Waals surface area contributed by atoms with E-state index in [1.165, 1.54) is 16.3 Å². The van der Waals surface area contributed by atoms with E-state index < -0.39 is 0 Å². The molecule has 0 saturated carbocycles. The number of hydrogen-bond acceptors (Lipinski definition) is 6. The van der Waals surface area contributed by atoms with Gasteiger partial charge < -0.3 is 5.32 Å². The maximum Gasteiger partial charge on any atom is 0.343 e. The van der Waals surface area contributed by atoms with Gasteiger partial charge in [-0.25, -0.2) is 19.9 Å². The van der Waals surface area contributed by atoms with Crippen LogP contribution in [0.25, 0.3) is 0 Å². The van der Waals surface area contributed by atoms with Crippen molar-refractivity contribution < 1.29 is 0 Å². The molecular weight excluding hydrogens is 276 g/mol. The number of aromatic amines is 1. The first kappa shape index (κ1) is 14.6. The molecule has 0 amide bonds. The number of aromatic nitrogens is 5. The minimum absolute atomic E-state index is 0.235. The molecule has 0 spiro atoms. The Morgan fingerprint density at radius 2 is 2.20 bits per heavy atom. The largest absolute Gasteiger partial charge is 0.370 e. The highest BCUT2D eigenvalue weighted by Gasteiger charge is 2.10. The van der Waals surface area contributed by atoms with Crippen LogP contribution < -0.4 is 11.0 Å². The van der Waals surface area contributed by atoms with Crippen LogP contribution >= 0.6 is 11.8 Å². The third-order valence-corrected chi connectivity index (χ3v) is 3.62. The van der Waals surface area contributed by atoms with Crippen LogP contribution in [-0.2, 0) is 13.5 Å². The summed E-state index contributed by atoms with van der Waals surface area (Å²) in [6.45, 7) is 4.98. The van der Waals surface area contributed by atoms with Crippen molar-refractivity contribution in [1.29, 1.82) is 0 Å². The van der Waals surface area contributed by atoms with Crippen LogP contribution in [0.2, 0.25) is 0 Å². The van der Waals surface area contributed by atoms with Gasteiger partial charge in [0.25, 0.3) is 0 Å².